The summed E-state index contributed by atoms with van der Waals surface area (Å²) < 4.78 is 5.26. The third kappa shape index (κ3) is 3.74. The van der Waals surface area contributed by atoms with Crippen molar-refractivity contribution >= 4 is 28.7 Å². The Hall–Kier alpha value is -2.65. The van der Waals surface area contributed by atoms with Crippen molar-refractivity contribution in [1.82, 2.24) is 0 Å². The van der Waals surface area contributed by atoms with Gasteiger partial charge >= 0.3 is 0 Å². The highest BCUT2D eigenvalue weighted by atomic mass is 35.5. The number of hydrogen-bond acceptors (Lipinski definition) is 3. The van der Waals surface area contributed by atoms with Crippen molar-refractivity contribution in [2.75, 3.05) is 24.4 Å². The molecule has 3 aromatic rings. The number of benzene rings is 3. The first-order valence-electron chi connectivity index (χ1n) is 9.17. The van der Waals surface area contributed by atoms with Crippen LogP contribution in [0.1, 0.15) is 23.6 Å². The fourth-order valence-electron chi connectivity index (χ4n) is 3.68. The van der Waals surface area contributed by atoms with E-state index in [2.05, 4.69) is 53.7 Å². The standard InChI is InChI=1S/C23H23ClN2O/c1-26(19-9-11-21(27-2)12-10-19)20-8-6-16-7-13-23(22(16)15-20)25-18-5-3-4-17(24)14-18/h3-6,8-12,14-15,23,25H,7,13H2,1-2H3. The van der Waals surface area contributed by atoms with Gasteiger partial charge in [0.05, 0.1) is 13.2 Å². The maximum atomic E-state index is 6.13. The van der Waals surface area contributed by atoms with E-state index in [0.717, 1.165) is 35.0 Å². The smallest absolute Gasteiger partial charge is 0.119 e. The minimum absolute atomic E-state index is 0.308. The highest BCUT2D eigenvalue weighted by molar-refractivity contribution is 6.30. The van der Waals surface area contributed by atoms with Crippen molar-refractivity contribution in [1.29, 1.82) is 0 Å². The molecule has 1 atom stereocenters. The molecule has 0 bridgehead atoms. The van der Waals surface area contributed by atoms with Crippen LogP contribution in [0.25, 0.3) is 0 Å². The van der Waals surface area contributed by atoms with E-state index < -0.39 is 0 Å². The molecular weight excluding hydrogens is 356 g/mol. The largest absolute Gasteiger partial charge is 0.497 e. The summed E-state index contributed by atoms with van der Waals surface area (Å²) in [5.74, 6) is 0.867. The van der Waals surface area contributed by atoms with Crippen molar-refractivity contribution in [3.63, 3.8) is 0 Å². The van der Waals surface area contributed by atoms with Crippen LogP contribution in [0.3, 0.4) is 0 Å². The monoisotopic (exact) mass is 378 g/mol. The summed E-state index contributed by atoms with van der Waals surface area (Å²) in [6, 6.07) is 23.1. The van der Waals surface area contributed by atoms with Gasteiger partial charge < -0.3 is 15.0 Å². The molecule has 0 saturated carbocycles. The van der Waals surface area contributed by atoms with Gasteiger partial charge in [0.15, 0.2) is 0 Å². The van der Waals surface area contributed by atoms with Gasteiger partial charge in [-0.05, 0) is 78.6 Å². The lowest BCUT2D eigenvalue weighted by Gasteiger charge is -2.22. The number of hydrogen-bond donors (Lipinski definition) is 1. The van der Waals surface area contributed by atoms with E-state index in [0.29, 0.717) is 6.04 Å². The first-order chi connectivity index (χ1) is 13.1. The first kappa shape index (κ1) is 17.7. The van der Waals surface area contributed by atoms with E-state index in [1.807, 2.05) is 30.3 Å². The molecule has 0 aliphatic heterocycles. The lowest BCUT2D eigenvalue weighted by molar-refractivity contribution is 0.415. The van der Waals surface area contributed by atoms with Crippen molar-refractivity contribution in [3.8, 4) is 5.75 Å². The highest BCUT2D eigenvalue weighted by Gasteiger charge is 2.23. The molecule has 0 amide bonds. The van der Waals surface area contributed by atoms with Crippen LogP contribution in [-0.2, 0) is 6.42 Å². The van der Waals surface area contributed by atoms with Crippen LogP contribution in [0.4, 0.5) is 17.1 Å². The second-order valence-electron chi connectivity index (χ2n) is 6.89. The van der Waals surface area contributed by atoms with E-state index in [1.165, 1.54) is 16.8 Å². The molecule has 1 unspecified atom stereocenters. The molecule has 138 valence electrons. The van der Waals surface area contributed by atoms with Gasteiger partial charge in [-0.3, -0.25) is 0 Å². The quantitative estimate of drug-likeness (QED) is 0.570. The number of halogens is 1. The van der Waals surface area contributed by atoms with Gasteiger partial charge in [-0.1, -0.05) is 23.7 Å². The molecule has 0 spiro atoms. The average molecular weight is 379 g/mol. The Morgan fingerprint density at radius 3 is 2.52 bits per heavy atom. The van der Waals surface area contributed by atoms with Gasteiger partial charge in [0.25, 0.3) is 0 Å². The molecule has 0 heterocycles. The number of fused-ring (bicyclic) bond motifs is 1. The first-order valence-corrected chi connectivity index (χ1v) is 9.54. The fraction of sp³-hybridized carbons (Fsp3) is 0.217. The fourth-order valence-corrected chi connectivity index (χ4v) is 3.87. The molecule has 3 nitrogen and oxygen atoms in total. The second kappa shape index (κ2) is 7.53. The molecule has 27 heavy (non-hydrogen) atoms. The summed E-state index contributed by atoms with van der Waals surface area (Å²) in [5.41, 5.74) is 6.16. The second-order valence-corrected chi connectivity index (χ2v) is 7.32. The van der Waals surface area contributed by atoms with E-state index in [9.17, 15) is 0 Å². The molecule has 0 fully saturated rings. The van der Waals surface area contributed by atoms with Crippen molar-refractivity contribution in [3.05, 3.63) is 82.9 Å². The van der Waals surface area contributed by atoms with Crippen LogP contribution in [0.2, 0.25) is 5.02 Å². The summed E-state index contributed by atoms with van der Waals surface area (Å²) in [6.45, 7) is 0. The molecule has 1 aliphatic carbocycles. The molecule has 0 aromatic heterocycles. The van der Waals surface area contributed by atoms with Gasteiger partial charge in [-0.2, -0.15) is 0 Å². The predicted molar refractivity (Wildman–Crippen MR) is 114 cm³/mol. The molecule has 4 heteroatoms. The van der Waals surface area contributed by atoms with Crippen molar-refractivity contribution in [2.45, 2.75) is 18.9 Å². The predicted octanol–water partition coefficient (Wildman–Crippen LogP) is 6.22. The van der Waals surface area contributed by atoms with Gasteiger partial charge in [0.1, 0.15) is 5.75 Å². The number of ether oxygens (including phenoxy) is 1. The Morgan fingerprint density at radius 1 is 1.00 bits per heavy atom. The number of aryl methyl sites for hydroxylation is 1. The average Bonchev–Trinajstić information content (AvgIpc) is 3.09. The third-order valence-corrected chi connectivity index (χ3v) is 5.45. The Bertz CT molecular complexity index is 939. The highest BCUT2D eigenvalue weighted by Crippen LogP contribution is 2.37. The molecule has 0 saturated heterocycles. The maximum Gasteiger partial charge on any atom is 0.119 e. The normalized spacial score (nSPS) is 15.3. The minimum Gasteiger partial charge on any atom is -0.497 e. The van der Waals surface area contributed by atoms with Gasteiger partial charge in [0.2, 0.25) is 0 Å². The summed E-state index contributed by atoms with van der Waals surface area (Å²) in [6.07, 6.45) is 2.19. The van der Waals surface area contributed by atoms with Gasteiger partial charge in [0, 0.05) is 29.1 Å². The van der Waals surface area contributed by atoms with E-state index in [-0.39, 0.29) is 0 Å². The van der Waals surface area contributed by atoms with E-state index >= 15 is 0 Å². The number of nitrogens with zero attached hydrogens (tertiary/aromatic N) is 1. The molecular formula is C23H23ClN2O. The Balaban J connectivity index is 1.58. The topological polar surface area (TPSA) is 24.5 Å². The van der Waals surface area contributed by atoms with Crippen LogP contribution in [0, 0.1) is 0 Å². The lowest BCUT2D eigenvalue weighted by Crippen LogP contribution is -2.11. The van der Waals surface area contributed by atoms with Crippen molar-refractivity contribution in [2.24, 2.45) is 0 Å². The number of methoxy groups -OCH3 is 1. The number of rotatable bonds is 5. The number of nitrogens with one attached hydrogen (secondary N) is 1. The lowest BCUT2D eigenvalue weighted by atomic mass is 10.1. The summed E-state index contributed by atoms with van der Waals surface area (Å²) in [4.78, 5) is 2.20. The van der Waals surface area contributed by atoms with Gasteiger partial charge in [-0.15, -0.1) is 0 Å². The number of anilines is 3. The molecule has 1 aliphatic rings. The van der Waals surface area contributed by atoms with E-state index in [1.54, 1.807) is 7.11 Å². The zero-order chi connectivity index (χ0) is 18.8. The summed E-state index contributed by atoms with van der Waals surface area (Å²) in [5, 5.41) is 4.40. The maximum absolute atomic E-state index is 6.13. The van der Waals surface area contributed by atoms with Crippen LogP contribution in [0.5, 0.6) is 5.75 Å². The molecule has 1 N–H and O–H groups in total. The Kier molecular flexibility index (Phi) is 4.95. The summed E-state index contributed by atoms with van der Waals surface area (Å²) in [7, 11) is 3.78. The SMILES string of the molecule is COc1ccc(N(C)c2ccc3c(c2)C(Nc2cccc(Cl)c2)CC3)cc1. The third-order valence-electron chi connectivity index (χ3n) is 5.22. The minimum atomic E-state index is 0.308. The van der Waals surface area contributed by atoms with Crippen LogP contribution < -0.4 is 15.0 Å². The molecule has 4 rings (SSSR count). The zero-order valence-corrected chi connectivity index (χ0v) is 16.3. The van der Waals surface area contributed by atoms with Crippen LogP contribution in [0.15, 0.2) is 66.7 Å². The Morgan fingerprint density at radius 2 is 1.78 bits per heavy atom. The molecule has 0 radical (unpaired) electrons. The zero-order valence-electron chi connectivity index (χ0n) is 15.6. The van der Waals surface area contributed by atoms with Gasteiger partial charge in [-0.25, -0.2) is 0 Å². The van der Waals surface area contributed by atoms with E-state index in [4.69, 9.17) is 16.3 Å². The van der Waals surface area contributed by atoms with Crippen LogP contribution >= 0.6 is 11.6 Å². The summed E-state index contributed by atoms with van der Waals surface area (Å²) >= 11 is 6.13. The Labute approximate surface area is 165 Å². The van der Waals surface area contributed by atoms with Crippen LogP contribution in [-0.4, -0.2) is 14.2 Å². The molecule has 3 aromatic carbocycles. The van der Waals surface area contributed by atoms with Crippen molar-refractivity contribution < 1.29 is 4.74 Å².